The van der Waals surface area contributed by atoms with Crippen molar-refractivity contribution < 1.29 is 14.3 Å². The van der Waals surface area contributed by atoms with Crippen molar-refractivity contribution in [3.05, 3.63) is 29.8 Å². The normalized spacial score (nSPS) is 15.1. The largest absolute Gasteiger partial charge is 0.483 e. The van der Waals surface area contributed by atoms with Crippen molar-refractivity contribution in [2.45, 2.75) is 64.5 Å². The maximum Gasteiger partial charge on any atom is 0.258 e. The minimum Gasteiger partial charge on any atom is -0.483 e. The Kier molecular flexibility index (Phi) is 6.23. The highest BCUT2D eigenvalue weighted by Gasteiger charge is 2.21. The summed E-state index contributed by atoms with van der Waals surface area (Å²) >= 11 is 0. The number of carbonyl (C=O) groups is 2. The zero-order chi connectivity index (χ0) is 17.6. The number of hydrogen-bond donors (Lipinski definition) is 2. The van der Waals surface area contributed by atoms with Gasteiger partial charge in [0.25, 0.3) is 11.8 Å². The smallest absolute Gasteiger partial charge is 0.258 e. The predicted molar refractivity (Wildman–Crippen MR) is 94.2 cm³/mol. The standard InChI is InChI=1S/C19H28N2O3/c1-4-19(2,3)21-17(22)13-24-16-12-8-7-11-15(16)18(23)20-14-9-5-6-10-14/h7-8,11-12,14H,4-6,9-10,13H2,1-3H3,(H,20,23)(H,21,22). The van der Waals surface area contributed by atoms with Crippen molar-refractivity contribution >= 4 is 11.8 Å². The summed E-state index contributed by atoms with van der Waals surface area (Å²) in [5.41, 5.74) is 0.215. The molecule has 2 rings (SSSR count). The van der Waals surface area contributed by atoms with E-state index in [1.807, 2.05) is 20.8 Å². The first kappa shape index (κ1) is 18.3. The second-order valence-corrected chi connectivity index (χ2v) is 7.03. The first-order valence-electron chi connectivity index (χ1n) is 8.75. The second-order valence-electron chi connectivity index (χ2n) is 7.03. The van der Waals surface area contributed by atoms with Gasteiger partial charge in [0.15, 0.2) is 6.61 Å². The van der Waals surface area contributed by atoms with Crippen LogP contribution in [0.4, 0.5) is 0 Å². The SMILES string of the molecule is CCC(C)(C)NC(=O)COc1ccccc1C(=O)NC1CCCC1. The predicted octanol–water partition coefficient (Wildman–Crippen LogP) is 3.04. The van der Waals surface area contributed by atoms with Crippen LogP contribution in [0.25, 0.3) is 0 Å². The fourth-order valence-corrected chi connectivity index (χ4v) is 2.76. The molecule has 1 saturated carbocycles. The highest BCUT2D eigenvalue weighted by atomic mass is 16.5. The first-order valence-corrected chi connectivity index (χ1v) is 8.75. The monoisotopic (exact) mass is 332 g/mol. The van der Waals surface area contributed by atoms with Gasteiger partial charge in [-0.05, 0) is 45.2 Å². The molecule has 1 fully saturated rings. The lowest BCUT2D eigenvalue weighted by molar-refractivity contribution is -0.124. The number of amides is 2. The first-order chi connectivity index (χ1) is 11.4. The molecule has 0 spiro atoms. The molecule has 0 saturated heterocycles. The Hall–Kier alpha value is -2.04. The Morgan fingerprint density at radius 3 is 2.54 bits per heavy atom. The van der Waals surface area contributed by atoms with E-state index in [0.717, 1.165) is 32.1 Å². The van der Waals surface area contributed by atoms with Gasteiger partial charge in [0.2, 0.25) is 0 Å². The zero-order valence-corrected chi connectivity index (χ0v) is 14.9. The number of para-hydroxylation sites is 1. The third-order valence-corrected chi connectivity index (χ3v) is 4.54. The van der Waals surface area contributed by atoms with Gasteiger partial charge in [-0.15, -0.1) is 0 Å². The summed E-state index contributed by atoms with van der Waals surface area (Å²) in [4.78, 5) is 24.5. The molecule has 1 aliphatic carbocycles. The van der Waals surface area contributed by atoms with Crippen LogP contribution in [0, 0.1) is 0 Å². The molecule has 0 unspecified atom stereocenters. The molecular weight excluding hydrogens is 304 g/mol. The molecule has 2 N–H and O–H groups in total. The highest BCUT2D eigenvalue weighted by molar-refractivity contribution is 5.97. The minimum atomic E-state index is -0.264. The summed E-state index contributed by atoms with van der Waals surface area (Å²) in [5.74, 6) is 0.122. The van der Waals surface area contributed by atoms with Gasteiger partial charge in [0.05, 0.1) is 5.56 Å². The highest BCUT2D eigenvalue weighted by Crippen LogP contribution is 2.21. The van der Waals surface area contributed by atoms with Crippen molar-refractivity contribution in [1.29, 1.82) is 0 Å². The van der Waals surface area contributed by atoms with E-state index < -0.39 is 0 Å². The summed E-state index contributed by atoms with van der Waals surface area (Å²) in [6, 6.07) is 7.31. The van der Waals surface area contributed by atoms with Gasteiger partial charge in [-0.3, -0.25) is 9.59 Å². The summed E-state index contributed by atoms with van der Waals surface area (Å²) in [7, 11) is 0. The average Bonchev–Trinajstić information content (AvgIpc) is 3.05. The van der Waals surface area contributed by atoms with Crippen LogP contribution in [0.5, 0.6) is 5.75 Å². The third kappa shape index (κ3) is 5.25. The van der Waals surface area contributed by atoms with Gasteiger partial charge in [0.1, 0.15) is 5.75 Å². The van der Waals surface area contributed by atoms with E-state index in [0.29, 0.717) is 11.3 Å². The van der Waals surface area contributed by atoms with Gasteiger partial charge in [-0.1, -0.05) is 31.9 Å². The van der Waals surface area contributed by atoms with E-state index in [-0.39, 0.29) is 30.0 Å². The Morgan fingerprint density at radius 1 is 1.21 bits per heavy atom. The summed E-state index contributed by atoms with van der Waals surface area (Å²) < 4.78 is 5.60. The van der Waals surface area contributed by atoms with E-state index in [9.17, 15) is 9.59 Å². The van der Waals surface area contributed by atoms with E-state index in [1.54, 1.807) is 24.3 Å². The maximum absolute atomic E-state index is 12.4. The molecule has 0 aliphatic heterocycles. The van der Waals surface area contributed by atoms with E-state index in [2.05, 4.69) is 10.6 Å². The summed E-state index contributed by atoms with van der Waals surface area (Å²) in [6.07, 6.45) is 5.22. The minimum absolute atomic E-state index is 0.100. The van der Waals surface area contributed by atoms with Gasteiger partial charge in [-0.2, -0.15) is 0 Å². The van der Waals surface area contributed by atoms with E-state index in [4.69, 9.17) is 4.74 Å². The molecule has 1 aromatic carbocycles. The Bertz CT molecular complexity index is 578. The number of ether oxygens (including phenoxy) is 1. The fraction of sp³-hybridized carbons (Fsp3) is 0.579. The van der Waals surface area contributed by atoms with Crippen molar-refractivity contribution in [2.24, 2.45) is 0 Å². The van der Waals surface area contributed by atoms with Gasteiger partial charge in [0, 0.05) is 11.6 Å². The van der Waals surface area contributed by atoms with Crippen LogP contribution >= 0.6 is 0 Å². The van der Waals surface area contributed by atoms with Crippen LogP contribution in [-0.4, -0.2) is 30.0 Å². The van der Waals surface area contributed by atoms with Crippen molar-refractivity contribution in [3.8, 4) is 5.75 Å². The van der Waals surface area contributed by atoms with Crippen LogP contribution in [-0.2, 0) is 4.79 Å². The molecule has 5 nitrogen and oxygen atoms in total. The maximum atomic E-state index is 12.4. The quantitative estimate of drug-likeness (QED) is 0.806. The van der Waals surface area contributed by atoms with Gasteiger partial charge < -0.3 is 15.4 Å². The lowest BCUT2D eigenvalue weighted by atomic mass is 10.0. The van der Waals surface area contributed by atoms with Crippen molar-refractivity contribution in [2.75, 3.05) is 6.61 Å². The number of rotatable bonds is 7. The van der Waals surface area contributed by atoms with Crippen molar-refractivity contribution in [3.63, 3.8) is 0 Å². The van der Waals surface area contributed by atoms with Crippen LogP contribution in [0.2, 0.25) is 0 Å². The fourth-order valence-electron chi connectivity index (χ4n) is 2.76. The van der Waals surface area contributed by atoms with Crippen molar-refractivity contribution in [1.82, 2.24) is 10.6 Å². The molecule has 1 aromatic rings. The van der Waals surface area contributed by atoms with Crippen LogP contribution < -0.4 is 15.4 Å². The third-order valence-electron chi connectivity index (χ3n) is 4.54. The topological polar surface area (TPSA) is 67.4 Å². The van der Waals surface area contributed by atoms with Crippen LogP contribution in [0.1, 0.15) is 63.2 Å². The average molecular weight is 332 g/mol. The number of hydrogen-bond acceptors (Lipinski definition) is 3. The molecule has 132 valence electrons. The molecule has 24 heavy (non-hydrogen) atoms. The van der Waals surface area contributed by atoms with Crippen LogP contribution in [0.3, 0.4) is 0 Å². The summed E-state index contributed by atoms with van der Waals surface area (Å²) in [5, 5.41) is 5.97. The molecule has 0 radical (unpaired) electrons. The number of benzene rings is 1. The number of nitrogens with one attached hydrogen (secondary N) is 2. The van der Waals surface area contributed by atoms with E-state index in [1.165, 1.54) is 0 Å². The lowest BCUT2D eigenvalue weighted by Crippen LogP contribution is -2.45. The van der Waals surface area contributed by atoms with Gasteiger partial charge in [-0.25, -0.2) is 0 Å². The molecule has 2 amide bonds. The lowest BCUT2D eigenvalue weighted by Gasteiger charge is -2.24. The van der Waals surface area contributed by atoms with E-state index >= 15 is 0 Å². The zero-order valence-electron chi connectivity index (χ0n) is 14.9. The second kappa shape index (κ2) is 8.18. The number of carbonyl (C=O) groups excluding carboxylic acids is 2. The molecule has 5 heteroatoms. The molecule has 0 aromatic heterocycles. The summed E-state index contributed by atoms with van der Waals surface area (Å²) in [6.45, 7) is 5.85. The molecule has 0 bridgehead atoms. The molecule has 0 atom stereocenters. The van der Waals surface area contributed by atoms with Gasteiger partial charge >= 0.3 is 0 Å². The molecular formula is C19H28N2O3. The Labute approximate surface area is 144 Å². The Morgan fingerprint density at radius 2 is 1.88 bits per heavy atom. The van der Waals surface area contributed by atoms with Crippen LogP contribution in [0.15, 0.2) is 24.3 Å². The molecule has 1 aliphatic rings. The Balaban J connectivity index is 1.95. The molecule has 0 heterocycles.